The van der Waals surface area contributed by atoms with Crippen molar-refractivity contribution < 1.29 is 39.6 Å². The Morgan fingerprint density at radius 3 is 1.32 bits per heavy atom. The fourth-order valence-electron chi connectivity index (χ4n) is 1.78. The Hall–Kier alpha value is -3.39. The second-order valence-electron chi connectivity index (χ2n) is 4.43. The topological polar surface area (TPSA) is 149 Å². The monoisotopic (exact) mass is 366 g/mol. The van der Waals surface area contributed by atoms with Crippen LogP contribution in [0.3, 0.4) is 0 Å². The molecule has 0 spiro atoms. The molecule has 0 bridgehead atoms. The smallest absolute Gasteiger partial charge is 0.338 e. The van der Waals surface area contributed by atoms with E-state index in [9.17, 15) is 19.2 Å². The molecule has 8 nitrogen and oxygen atoms in total. The van der Waals surface area contributed by atoms with Gasteiger partial charge in [0.25, 0.3) is 0 Å². The molecule has 0 unspecified atom stereocenters. The third-order valence-corrected chi connectivity index (χ3v) is 3.16. The Morgan fingerprint density at radius 1 is 0.600 bits per heavy atom. The number of benzene rings is 2. The van der Waals surface area contributed by atoms with Crippen molar-refractivity contribution >= 4 is 35.5 Å². The van der Waals surface area contributed by atoms with Gasteiger partial charge in [0.1, 0.15) is 0 Å². The van der Waals surface area contributed by atoms with Crippen LogP contribution in [0, 0.1) is 0 Å². The summed E-state index contributed by atoms with van der Waals surface area (Å²) in [6.07, 6.45) is 0. The summed E-state index contributed by atoms with van der Waals surface area (Å²) in [6, 6.07) is 9.39. The largest absolute Gasteiger partial charge is 0.478 e. The molecule has 2 rings (SSSR count). The van der Waals surface area contributed by atoms with Crippen LogP contribution in [-0.4, -0.2) is 44.3 Å². The lowest BCUT2D eigenvalue weighted by Crippen LogP contribution is -2.08. The van der Waals surface area contributed by atoms with Gasteiger partial charge in [0.05, 0.1) is 27.3 Å². The van der Waals surface area contributed by atoms with Crippen LogP contribution in [0.25, 0.3) is 0 Å². The molecule has 4 N–H and O–H groups in total. The van der Waals surface area contributed by atoms with Crippen molar-refractivity contribution in [3.63, 3.8) is 0 Å². The SMILES string of the molecule is O=C(O)c1cccc(Cl)c1C(=O)O.O=C(O)c1ccccc1C(=O)O. The van der Waals surface area contributed by atoms with E-state index in [1.54, 1.807) is 0 Å². The highest BCUT2D eigenvalue weighted by molar-refractivity contribution is 6.34. The van der Waals surface area contributed by atoms with Gasteiger partial charge in [-0.3, -0.25) is 0 Å². The van der Waals surface area contributed by atoms with Crippen molar-refractivity contribution in [3.05, 3.63) is 69.7 Å². The number of aromatic carboxylic acids is 4. The third-order valence-electron chi connectivity index (χ3n) is 2.85. The van der Waals surface area contributed by atoms with Crippen molar-refractivity contribution in [2.75, 3.05) is 0 Å². The number of carboxylic acids is 4. The van der Waals surface area contributed by atoms with E-state index in [-0.39, 0.29) is 27.3 Å². The van der Waals surface area contributed by atoms with Gasteiger partial charge in [-0.15, -0.1) is 0 Å². The molecule has 25 heavy (non-hydrogen) atoms. The molecule has 130 valence electrons. The van der Waals surface area contributed by atoms with Gasteiger partial charge in [0.15, 0.2) is 0 Å². The van der Waals surface area contributed by atoms with Crippen LogP contribution < -0.4 is 0 Å². The fourth-order valence-corrected chi connectivity index (χ4v) is 2.03. The van der Waals surface area contributed by atoms with Crippen molar-refractivity contribution in [1.82, 2.24) is 0 Å². The number of rotatable bonds is 4. The summed E-state index contributed by atoms with van der Waals surface area (Å²) in [7, 11) is 0. The molecule has 0 heterocycles. The maximum absolute atomic E-state index is 10.6. The van der Waals surface area contributed by atoms with Gasteiger partial charge >= 0.3 is 23.9 Å². The molecular formula is C16H11ClO8. The normalized spacial score (nSPS) is 9.48. The van der Waals surface area contributed by atoms with E-state index >= 15 is 0 Å². The van der Waals surface area contributed by atoms with Crippen LogP contribution in [0.2, 0.25) is 5.02 Å². The lowest BCUT2D eigenvalue weighted by molar-refractivity contribution is 0.0651. The maximum atomic E-state index is 10.6. The van der Waals surface area contributed by atoms with E-state index in [4.69, 9.17) is 32.0 Å². The second-order valence-corrected chi connectivity index (χ2v) is 4.84. The molecule has 0 saturated carbocycles. The summed E-state index contributed by atoms with van der Waals surface area (Å²) in [5, 5.41) is 34.3. The maximum Gasteiger partial charge on any atom is 0.338 e. The number of hydrogen-bond donors (Lipinski definition) is 4. The van der Waals surface area contributed by atoms with Gasteiger partial charge in [0.2, 0.25) is 0 Å². The van der Waals surface area contributed by atoms with Crippen molar-refractivity contribution in [2.45, 2.75) is 0 Å². The molecule has 0 aliphatic rings. The first-order valence-corrected chi connectivity index (χ1v) is 6.85. The molecular weight excluding hydrogens is 356 g/mol. The molecule has 0 fully saturated rings. The van der Waals surface area contributed by atoms with Crippen LogP contribution in [0.5, 0.6) is 0 Å². The third kappa shape index (κ3) is 5.05. The summed E-state index contributed by atoms with van der Waals surface area (Å²) < 4.78 is 0. The van der Waals surface area contributed by atoms with E-state index < -0.39 is 23.9 Å². The minimum atomic E-state index is -1.34. The van der Waals surface area contributed by atoms with E-state index in [1.165, 1.54) is 42.5 Å². The Kier molecular flexibility index (Phi) is 6.65. The van der Waals surface area contributed by atoms with Crippen LogP contribution in [0.1, 0.15) is 41.4 Å². The van der Waals surface area contributed by atoms with E-state index in [0.29, 0.717) is 0 Å². The number of carbonyl (C=O) groups is 4. The summed E-state index contributed by atoms with van der Waals surface area (Å²) in [6.45, 7) is 0. The molecule has 2 aromatic carbocycles. The Balaban J connectivity index is 0.000000251. The summed E-state index contributed by atoms with van der Waals surface area (Å²) in [4.78, 5) is 42.1. The van der Waals surface area contributed by atoms with Crippen molar-refractivity contribution in [2.24, 2.45) is 0 Å². The first kappa shape index (κ1) is 19.7. The molecule has 2 aromatic rings. The summed E-state index contributed by atoms with van der Waals surface area (Å²) in [5.41, 5.74) is -1.06. The van der Waals surface area contributed by atoms with Crippen molar-refractivity contribution in [1.29, 1.82) is 0 Å². The highest BCUT2D eigenvalue weighted by atomic mass is 35.5. The highest BCUT2D eigenvalue weighted by Gasteiger charge is 2.18. The Bertz CT molecular complexity index is 811. The van der Waals surface area contributed by atoms with Crippen LogP contribution in [0.15, 0.2) is 42.5 Å². The molecule has 0 aliphatic carbocycles. The molecule has 0 atom stereocenters. The van der Waals surface area contributed by atoms with E-state index in [2.05, 4.69) is 0 Å². The molecule has 0 radical (unpaired) electrons. The lowest BCUT2D eigenvalue weighted by atomic mass is 10.1. The van der Waals surface area contributed by atoms with Crippen LogP contribution in [0.4, 0.5) is 0 Å². The van der Waals surface area contributed by atoms with E-state index in [1.807, 2.05) is 0 Å². The van der Waals surface area contributed by atoms with Gasteiger partial charge in [0, 0.05) is 0 Å². The Morgan fingerprint density at radius 2 is 1.00 bits per heavy atom. The predicted octanol–water partition coefficient (Wildman–Crippen LogP) is 2.82. The zero-order chi connectivity index (χ0) is 19.1. The summed E-state index contributed by atoms with van der Waals surface area (Å²) in [5.74, 6) is -5.11. The van der Waals surface area contributed by atoms with Gasteiger partial charge < -0.3 is 20.4 Å². The molecule has 9 heteroatoms. The highest BCUT2D eigenvalue weighted by Crippen LogP contribution is 2.19. The first-order valence-electron chi connectivity index (χ1n) is 6.47. The molecule has 0 aliphatic heterocycles. The average Bonchev–Trinajstić information content (AvgIpc) is 2.54. The Labute approximate surface area is 145 Å². The molecule has 0 amide bonds. The second kappa shape index (κ2) is 8.46. The minimum Gasteiger partial charge on any atom is -0.478 e. The quantitative estimate of drug-likeness (QED) is 0.645. The van der Waals surface area contributed by atoms with E-state index in [0.717, 1.165) is 0 Å². The minimum absolute atomic E-state index is 0.0765. The van der Waals surface area contributed by atoms with Gasteiger partial charge in [-0.25, -0.2) is 19.2 Å². The number of halogens is 1. The van der Waals surface area contributed by atoms with Crippen LogP contribution >= 0.6 is 11.6 Å². The first-order chi connectivity index (χ1) is 11.7. The zero-order valence-corrected chi connectivity index (χ0v) is 13.1. The molecule has 0 saturated heterocycles. The fraction of sp³-hybridized carbons (Fsp3) is 0. The lowest BCUT2D eigenvalue weighted by Gasteiger charge is -2.02. The number of carboxylic acid groups (broad SMARTS) is 4. The molecule has 0 aromatic heterocycles. The summed E-state index contributed by atoms with van der Waals surface area (Å²) >= 11 is 5.52. The van der Waals surface area contributed by atoms with Gasteiger partial charge in [-0.1, -0.05) is 29.8 Å². The average molecular weight is 367 g/mol. The zero-order valence-electron chi connectivity index (χ0n) is 12.3. The number of hydrogen-bond acceptors (Lipinski definition) is 4. The van der Waals surface area contributed by atoms with Crippen molar-refractivity contribution in [3.8, 4) is 0 Å². The van der Waals surface area contributed by atoms with Gasteiger partial charge in [-0.2, -0.15) is 0 Å². The van der Waals surface area contributed by atoms with Crippen LogP contribution in [-0.2, 0) is 0 Å². The predicted molar refractivity (Wildman–Crippen MR) is 85.7 cm³/mol. The standard InChI is InChI=1S/C8H5ClO4.C8H6O4/c9-5-3-1-2-4(7(10)11)6(5)8(12)13;9-7(10)5-3-1-2-4-6(5)8(11)12/h1-3H,(H,10,11)(H,12,13);1-4H,(H,9,10)(H,11,12). The van der Waals surface area contributed by atoms with Gasteiger partial charge in [-0.05, 0) is 24.3 Å².